The number of ether oxygens (including phenoxy) is 1. The molecule has 32 heavy (non-hydrogen) atoms. The smallest absolute Gasteiger partial charge is 0.168 e. The Morgan fingerprint density at radius 3 is 2.66 bits per heavy atom. The molecule has 0 bridgehead atoms. The number of aldehydes is 1. The van der Waals surface area contributed by atoms with Crippen LogP contribution in [-0.4, -0.2) is 36.1 Å². The molecule has 7 nitrogen and oxygen atoms in total. The molecule has 0 amide bonds. The van der Waals surface area contributed by atoms with Crippen molar-refractivity contribution in [2.45, 2.75) is 26.0 Å². The van der Waals surface area contributed by atoms with Gasteiger partial charge in [-0.1, -0.05) is 41.6 Å². The lowest BCUT2D eigenvalue weighted by atomic mass is 10.0. The second kappa shape index (κ2) is 11.1. The maximum absolute atomic E-state index is 12.9. The molecule has 2 aromatic carbocycles. The normalized spacial score (nSPS) is 14.6. The van der Waals surface area contributed by atoms with Crippen molar-refractivity contribution in [1.82, 2.24) is 15.3 Å². The van der Waals surface area contributed by atoms with Crippen molar-refractivity contribution < 1.29 is 18.8 Å². The molecule has 0 fully saturated rings. The number of nitrogens with one attached hydrogen (secondary N) is 1. The van der Waals surface area contributed by atoms with E-state index in [0.29, 0.717) is 35.7 Å². The van der Waals surface area contributed by atoms with E-state index in [1.165, 1.54) is 13.2 Å². The quantitative estimate of drug-likeness (QED) is 0.588. The monoisotopic (exact) mass is 436 g/mol. The van der Waals surface area contributed by atoms with E-state index >= 15 is 0 Å². The Morgan fingerprint density at radius 1 is 1.19 bits per heavy atom. The van der Waals surface area contributed by atoms with Crippen LogP contribution in [0.2, 0.25) is 0 Å². The fraction of sp³-hybridized carbons (Fsp3) is 0.250. The summed E-state index contributed by atoms with van der Waals surface area (Å²) in [6.45, 7) is 2.47. The lowest BCUT2D eigenvalue weighted by molar-refractivity contribution is 0.0857. The Bertz CT molecular complexity index is 1090. The van der Waals surface area contributed by atoms with Gasteiger partial charge in [0.25, 0.3) is 0 Å². The van der Waals surface area contributed by atoms with Crippen molar-refractivity contribution in [2.75, 3.05) is 14.2 Å². The largest absolute Gasteiger partial charge is 0.494 e. The average Bonchev–Trinajstić information content (AvgIpc) is 3.31. The molecule has 0 spiro atoms. The van der Waals surface area contributed by atoms with Gasteiger partial charge in [-0.3, -0.25) is 4.79 Å². The molecule has 0 saturated carbocycles. The van der Waals surface area contributed by atoms with Gasteiger partial charge in [0, 0.05) is 13.0 Å². The van der Waals surface area contributed by atoms with E-state index in [0.717, 1.165) is 23.4 Å². The van der Waals surface area contributed by atoms with Crippen LogP contribution >= 0.6 is 0 Å². The number of carbonyl (C=O) groups excluding carboxylic acids is 1. The summed E-state index contributed by atoms with van der Waals surface area (Å²) in [5, 5.41) is 7.07. The number of hydrogen-bond donors (Lipinski definition) is 1. The summed E-state index contributed by atoms with van der Waals surface area (Å²) in [6.07, 6.45) is 1.25. The molecule has 0 saturated heterocycles. The van der Waals surface area contributed by atoms with Gasteiger partial charge in [-0.05, 0) is 43.3 Å². The Hall–Kier alpha value is -3.65. The molecule has 166 valence electrons. The zero-order valence-corrected chi connectivity index (χ0v) is 18.2. The first kappa shape index (κ1) is 23.0. The standard InChI is InChI=1S/C15H13N3O2.C9H12FNO/c1-10-16-12(9-19)7-13(17-10)14-8-15(20-18-14)11-5-3-2-4-6-11;1-11-6-7-3-4-8(10)9(5-7)12-2/h2-7,9,15H,8H2,1H3;3-5,11H,6H2,1-2H3. The summed E-state index contributed by atoms with van der Waals surface area (Å²) >= 11 is 0. The maximum Gasteiger partial charge on any atom is 0.168 e. The number of halogens is 1. The molecule has 1 unspecified atom stereocenters. The highest BCUT2D eigenvalue weighted by atomic mass is 19.1. The van der Waals surface area contributed by atoms with Crippen LogP contribution in [0.4, 0.5) is 4.39 Å². The van der Waals surface area contributed by atoms with Crippen molar-refractivity contribution in [3.05, 3.63) is 88.8 Å². The minimum atomic E-state index is -0.322. The molecular weight excluding hydrogens is 411 g/mol. The number of nitrogens with zero attached hydrogens (tertiary/aromatic N) is 3. The van der Waals surface area contributed by atoms with E-state index in [9.17, 15) is 9.18 Å². The van der Waals surface area contributed by atoms with Crippen LogP contribution in [0, 0.1) is 12.7 Å². The number of carbonyl (C=O) groups is 1. The van der Waals surface area contributed by atoms with Crippen molar-refractivity contribution in [1.29, 1.82) is 0 Å². The minimum Gasteiger partial charge on any atom is -0.494 e. The fourth-order valence-electron chi connectivity index (χ4n) is 3.19. The van der Waals surface area contributed by atoms with Gasteiger partial charge < -0.3 is 14.9 Å². The average molecular weight is 436 g/mol. The van der Waals surface area contributed by atoms with Gasteiger partial charge in [0.2, 0.25) is 0 Å². The number of aromatic nitrogens is 2. The van der Waals surface area contributed by atoms with Gasteiger partial charge in [0.1, 0.15) is 17.2 Å². The van der Waals surface area contributed by atoms with Crippen LogP contribution in [0.15, 0.2) is 59.8 Å². The molecule has 1 atom stereocenters. The number of oxime groups is 1. The van der Waals surface area contributed by atoms with Crippen LogP contribution in [0.5, 0.6) is 5.75 Å². The number of benzene rings is 2. The van der Waals surface area contributed by atoms with Crippen molar-refractivity contribution in [3.8, 4) is 5.75 Å². The van der Waals surface area contributed by atoms with Gasteiger partial charge >= 0.3 is 0 Å². The summed E-state index contributed by atoms with van der Waals surface area (Å²) in [7, 11) is 3.30. The predicted molar refractivity (Wildman–Crippen MR) is 119 cm³/mol. The highest BCUT2D eigenvalue weighted by Gasteiger charge is 2.25. The molecule has 4 rings (SSSR count). The Morgan fingerprint density at radius 2 is 1.97 bits per heavy atom. The number of methoxy groups -OCH3 is 1. The first-order chi connectivity index (χ1) is 15.5. The Balaban J connectivity index is 0.000000207. The second-order valence-electron chi connectivity index (χ2n) is 7.09. The topological polar surface area (TPSA) is 85.7 Å². The van der Waals surface area contributed by atoms with E-state index in [2.05, 4.69) is 20.4 Å². The van der Waals surface area contributed by atoms with E-state index in [1.54, 1.807) is 25.1 Å². The Kier molecular flexibility index (Phi) is 7.99. The lowest BCUT2D eigenvalue weighted by Gasteiger charge is -2.07. The van der Waals surface area contributed by atoms with Crippen LogP contribution < -0.4 is 10.1 Å². The van der Waals surface area contributed by atoms with E-state index in [4.69, 9.17) is 9.57 Å². The lowest BCUT2D eigenvalue weighted by Crippen LogP contribution is -2.07. The molecule has 8 heteroatoms. The molecule has 1 aliphatic rings. The third-order valence-corrected chi connectivity index (χ3v) is 4.71. The molecule has 0 radical (unpaired) electrons. The fourth-order valence-corrected chi connectivity index (χ4v) is 3.19. The van der Waals surface area contributed by atoms with Crippen molar-refractivity contribution in [2.24, 2.45) is 5.16 Å². The first-order valence-corrected chi connectivity index (χ1v) is 10.1. The SMILES string of the molecule is CNCc1ccc(F)c(OC)c1.Cc1nc(C=O)cc(C2=NOC(c3ccccc3)C2)n1. The van der Waals surface area contributed by atoms with Crippen LogP contribution in [-0.2, 0) is 11.4 Å². The molecule has 1 N–H and O–H groups in total. The van der Waals surface area contributed by atoms with Gasteiger partial charge in [0.05, 0.1) is 12.8 Å². The van der Waals surface area contributed by atoms with Gasteiger partial charge in [-0.2, -0.15) is 0 Å². The van der Waals surface area contributed by atoms with Crippen molar-refractivity contribution >= 4 is 12.0 Å². The summed E-state index contributed by atoms with van der Waals surface area (Å²) in [5.74, 6) is 0.524. The molecule has 1 aliphatic heterocycles. The van der Waals surface area contributed by atoms with E-state index in [-0.39, 0.29) is 11.9 Å². The van der Waals surface area contributed by atoms with E-state index in [1.807, 2.05) is 37.4 Å². The van der Waals surface area contributed by atoms with Crippen molar-refractivity contribution in [3.63, 3.8) is 0 Å². The molecule has 0 aliphatic carbocycles. The first-order valence-electron chi connectivity index (χ1n) is 10.1. The van der Waals surface area contributed by atoms with Gasteiger partial charge in [0.15, 0.2) is 24.0 Å². The second-order valence-corrected chi connectivity index (χ2v) is 7.09. The van der Waals surface area contributed by atoms with Gasteiger partial charge in [-0.15, -0.1) is 0 Å². The third-order valence-electron chi connectivity index (χ3n) is 4.71. The predicted octanol–water partition coefficient (Wildman–Crippen LogP) is 4.02. The van der Waals surface area contributed by atoms with E-state index < -0.39 is 0 Å². The highest BCUT2D eigenvalue weighted by Crippen LogP contribution is 2.28. The highest BCUT2D eigenvalue weighted by molar-refractivity contribution is 6.00. The summed E-state index contributed by atoms with van der Waals surface area (Å²) in [5.41, 5.74) is 3.84. The molecular formula is C24H25FN4O3. The van der Waals surface area contributed by atoms with Crippen LogP contribution in [0.25, 0.3) is 0 Å². The molecule has 1 aromatic heterocycles. The Labute approximate surface area is 186 Å². The van der Waals surface area contributed by atoms with Gasteiger partial charge in [-0.25, -0.2) is 14.4 Å². The van der Waals surface area contributed by atoms with Crippen LogP contribution in [0.3, 0.4) is 0 Å². The number of aryl methyl sites for hydroxylation is 1. The summed E-state index contributed by atoms with van der Waals surface area (Å²) < 4.78 is 17.7. The summed E-state index contributed by atoms with van der Waals surface area (Å²) in [4.78, 5) is 24.6. The maximum atomic E-state index is 12.9. The van der Waals surface area contributed by atoms with Crippen LogP contribution in [0.1, 0.15) is 45.7 Å². The number of hydrogen-bond acceptors (Lipinski definition) is 7. The number of rotatable bonds is 6. The summed E-state index contributed by atoms with van der Waals surface area (Å²) in [6, 6.07) is 16.4. The minimum absolute atomic E-state index is 0.0962. The third kappa shape index (κ3) is 5.95. The zero-order valence-electron chi connectivity index (χ0n) is 18.2. The molecule has 3 aromatic rings. The zero-order chi connectivity index (χ0) is 22.9. The molecule has 2 heterocycles.